The molecule has 1 fully saturated rings. The standard InChI is InChI=1S/C20H26N4O3/c1-21-19(26)20(22-15-6-4-7-16(14-15)27-3)9-12-24(13-10-20)18(25)17-8-5-11-23(17)2/h4-8,11,14,22H,9-10,12-13H2,1-3H3,(H,21,26). The van der Waals surface area contributed by atoms with Gasteiger partial charge in [-0.25, -0.2) is 0 Å². The zero-order chi connectivity index (χ0) is 19.4. The van der Waals surface area contributed by atoms with Crippen LogP contribution in [0.2, 0.25) is 0 Å². The van der Waals surface area contributed by atoms with Crippen LogP contribution in [0.25, 0.3) is 0 Å². The monoisotopic (exact) mass is 370 g/mol. The van der Waals surface area contributed by atoms with Crippen LogP contribution in [0.1, 0.15) is 23.3 Å². The van der Waals surface area contributed by atoms with Gasteiger partial charge in [0.2, 0.25) is 5.91 Å². The second-order valence-corrected chi connectivity index (χ2v) is 6.81. The highest BCUT2D eigenvalue weighted by Gasteiger charge is 2.42. The lowest BCUT2D eigenvalue weighted by molar-refractivity contribution is -0.126. The fourth-order valence-electron chi connectivity index (χ4n) is 3.56. The summed E-state index contributed by atoms with van der Waals surface area (Å²) in [7, 11) is 5.11. The Bertz CT molecular complexity index is 822. The number of anilines is 1. The molecule has 0 bridgehead atoms. The van der Waals surface area contributed by atoms with Gasteiger partial charge in [0.05, 0.1) is 7.11 Å². The molecule has 7 nitrogen and oxygen atoms in total. The van der Waals surface area contributed by atoms with Crippen LogP contribution in [0, 0.1) is 0 Å². The third kappa shape index (κ3) is 3.77. The summed E-state index contributed by atoms with van der Waals surface area (Å²) < 4.78 is 7.09. The van der Waals surface area contributed by atoms with Crippen molar-refractivity contribution in [2.75, 3.05) is 32.6 Å². The first-order chi connectivity index (χ1) is 13.0. The average Bonchev–Trinajstić information content (AvgIpc) is 3.13. The van der Waals surface area contributed by atoms with Gasteiger partial charge in [0, 0.05) is 45.1 Å². The third-order valence-electron chi connectivity index (χ3n) is 5.18. The normalized spacial score (nSPS) is 15.9. The van der Waals surface area contributed by atoms with Crippen molar-refractivity contribution in [2.24, 2.45) is 7.05 Å². The van der Waals surface area contributed by atoms with Crippen molar-refractivity contribution in [3.8, 4) is 5.75 Å². The number of piperidine rings is 1. The Balaban J connectivity index is 1.76. The molecule has 1 aromatic heterocycles. The molecule has 1 saturated heterocycles. The number of rotatable bonds is 5. The number of hydrogen-bond acceptors (Lipinski definition) is 4. The number of aryl methyl sites for hydroxylation is 1. The highest BCUT2D eigenvalue weighted by molar-refractivity contribution is 5.94. The highest BCUT2D eigenvalue weighted by atomic mass is 16.5. The van der Waals surface area contributed by atoms with E-state index >= 15 is 0 Å². The minimum absolute atomic E-state index is 0.00520. The minimum Gasteiger partial charge on any atom is -0.497 e. The van der Waals surface area contributed by atoms with E-state index < -0.39 is 5.54 Å². The molecule has 3 rings (SSSR count). The number of ether oxygens (including phenoxy) is 1. The van der Waals surface area contributed by atoms with Gasteiger partial charge in [0.15, 0.2) is 0 Å². The minimum atomic E-state index is -0.758. The van der Waals surface area contributed by atoms with Crippen molar-refractivity contribution in [2.45, 2.75) is 18.4 Å². The number of carbonyl (C=O) groups excluding carboxylic acids is 2. The summed E-state index contributed by atoms with van der Waals surface area (Å²) in [6.45, 7) is 1.02. The number of nitrogens with zero attached hydrogens (tertiary/aromatic N) is 2. The summed E-state index contributed by atoms with van der Waals surface area (Å²) in [6, 6.07) is 11.2. The van der Waals surface area contributed by atoms with Gasteiger partial charge in [-0.2, -0.15) is 0 Å². The summed E-state index contributed by atoms with van der Waals surface area (Å²) in [6.07, 6.45) is 2.91. The molecule has 0 spiro atoms. The van der Waals surface area contributed by atoms with Gasteiger partial charge in [-0.1, -0.05) is 6.07 Å². The van der Waals surface area contributed by atoms with Gasteiger partial charge >= 0.3 is 0 Å². The van der Waals surface area contributed by atoms with Gasteiger partial charge in [0.25, 0.3) is 5.91 Å². The summed E-state index contributed by atoms with van der Waals surface area (Å²) in [5.74, 6) is 0.647. The number of benzene rings is 1. The molecule has 7 heteroatoms. The maximum atomic E-state index is 12.7. The summed E-state index contributed by atoms with van der Waals surface area (Å²) >= 11 is 0. The van der Waals surface area contributed by atoms with E-state index in [1.165, 1.54) is 0 Å². The molecular weight excluding hydrogens is 344 g/mol. The van der Waals surface area contributed by atoms with Crippen molar-refractivity contribution in [3.63, 3.8) is 0 Å². The van der Waals surface area contributed by atoms with E-state index in [2.05, 4.69) is 10.6 Å². The Morgan fingerprint density at radius 2 is 1.89 bits per heavy atom. The number of hydrogen-bond donors (Lipinski definition) is 2. The van der Waals surface area contributed by atoms with Crippen LogP contribution < -0.4 is 15.4 Å². The van der Waals surface area contributed by atoms with Crippen LogP contribution in [-0.2, 0) is 11.8 Å². The maximum absolute atomic E-state index is 12.7. The van der Waals surface area contributed by atoms with Gasteiger partial charge in [-0.3, -0.25) is 9.59 Å². The number of amides is 2. The van der Waals surface area contributed by atoms with Gasteiger partial charge < -0.3 is 24.8 Å². The quantitative estimate of drug-likeness (QED) is 0.843. The van der Waals surface area contributed by atoms with Gasteiger partial charge in [-0.15, -0.1) is 0 Å². The Morgan fingerprint density at radius 1 is 1.15 bits per heavy atom. The maximum Gasteiger partial charge on any atom is 0.270 e. The fraction of sp³-hybridized carbons (Fsp3) is 0.400. The Morgan fingerprint density at radius 3 is 2.48 bits per heavy atom. The smallest absolute Gasteiger partial charge is 0.270 e. The molecule has 2 N–H and O–H groups in total. The van der Waals surface area contributed by atoms with Crippen LogP contribution in [0.5, 0.6) is 5.75 Å². The Labute approximate surface area is 159 Å². The number of methoxy groups -OCH3 is 1. The molecule has 0 atom stereocenters. The number of aromatic nitrogens is 1. The molecule has 1 aliphatic heterocycles. The van der Waals surface area contributed by atoms with E-state index in [9.17, 15) is 9.59 Å². The van der Waals surface area contributed by atoms with Crippen molar-refractivity contribution in [1.29, 1.82) is 0 Å². The van der Waals surface area contributed by atoms with Crippen molar-refractivity contribution in [1.82, 2.24) is 14.8 Å². The summed E-state index contributed by atoms with van der Waals surface area (Å²) in [5.41, 5.74) is 0.717. The van der Waals surface area contributed by atoms with Crippen LogP contribution in [-0.4, -0.2) is 54.1 Å². The molecule has 0 radical (unpaired) electrons. The molecule has 1 aliphatic rings. The van der Waals surface area contributed by atoms with Crippen molar-refractivity contribution >= 4 is 17.5 Å². The largest absolute Gasteiger partial charge is 0.497 e. The lowest BCUT2D eigenvalue weighted by Gasteiger charge is -2.41. The molecule has 0 unspecified atom stereocenters. The third-order valence-corrected chi connectivity index (χ3v) is 5.18. The molecule has 2 aromatic rings. The molecule has 27 heavy (non-hydrogen) atoms. The summed E-state index contributed by atoms with van der Waals surface area (Å²) in [5, 5.41) is 6.16. The molecular formula is C20H26N4O3. The van der Waals surface area contributed by atoms with Crippen LogP contribution in [0.3, 0.4) is 0 Å². The lowest BCUT2D eigenvalue weighted by atomic mass is 9.85. The van der Waals surface area contributed by atoms with Crippen LogP contribution >= 0.6 is 0 Å². The first-order valence-corrected chi connectivity index (χ1v) is 9.04. The topological polar surface area (TPSA) is 75.6 Å². The molecule has 1 aromatic carbocycles. The molecule has 2 amide bonds. The fourth-order valence-corrected chi connectivity index (χ4v) is 3.56. The number of likely N-dealkylation sites (N-methyl/N-ethyl adjacent to an activating group) is 1. The van der Waals surface area contributed by atoms with E-state index in [0.29, 0.717) is 31.6 Å². The lowest BCUT2D eigenvalue weighted by Crippen LogP contribution is -2.58. The van der Waals surface area contributed by atoms with E-state index in [1.807, 2.05) is 59.1 Å². The predicted octanol–water partition coefficient (Wildman–Crippen LogP) is 1.87. The molecule has 2 heterocycles. The second kappa shape index (κ2) is 7.73. The zero-order valence-corrected chi connectivity index (χ0v) is 16.0. The number of carbonyl (C=O) groups is 2. The SMILES string of the molecule is CNC(=O)C1(Nc2cccc(OC)c2)CCN(C(=O)c2cccn2C)CC1. The van der Waals surface area contributed by atoms with Gasteiger partial charge in [-0.05, 0) is 37.1 Å². The van der Waals surface area contributed by atoms with E-state index in [4.69, 9.17) is 4.74 Å². The first kappa shape index (κ1) is 18.8. The van der Waals surface area contributed by atoms with Crippen molar-refractivity contribution in [3.05, 3.63) is 48.3 Å². The number of likely N-dealkylation sites (tertiary alicyclic amines) is 1. The Hall–Kier alpha value is -2.96. The van der Waals surface area contributed by atoms with E-state index in [0.717, 1.165) is 11.4 Å². The average molecular weight is 370 g/mol. The predicted molar refractivity (Wildman–Crippen MR) is 104 cm³/mol. The van der Waals surface area contributed by atoms with E-state index in [-0.39, 0.29) is 11.8 Å². The summed E-state index contributed by atoms with van der Waals surface area (Å²) in [4.78, 5) is 27.2. The number of nitrogens with one attached hydrogen (secondary N) is 2. The highest BCUT2D eigenvalue weighted by Crippen LogP contribution is 2.29. The van der Waals surface area contributed by atoms with E-state index in [1.54, 1.807) is 14.2 Å². The van der Waals surface area contributed by atoms with Crippen molar-refractivity contribution < 1.29 is 14.3 Å². The van der Waals surface area contributed by atoms with Crippen LogP contribution in [0.15, 0.2) is 42.6 Å². The molecule has 144 valence electrons. The van der Waals surface area contributed by atoms with Crippen LogP contribution in [0.4, 0.5) is 5.69 Å². The second-order valence-electron chi connectivity index (χ2n) is 6.81. The first-order valence-electron chi connectivity index (χ1n) is 9.04. The molecule has 0 aliphatic carbocycles. The molecule has 0 saturated carbocycles. The zero-order valence-electron chi connectivity index (χ0n) is 16.0. The Kier molecular flexibility index (Phi) is 5.39. The van der Waals surface area contributed by atoms with Gasteiger partial charge in [0.1, 0.15) is 17.0 Å².